The summed E-state index contributed by atoms with van der Waals surface area (Å²) in [6.07, 6.45) is 15.6. The summed E-state index contributed by atoms with van der Waals surface area (Å²) in [4.78, 5) is 0. The largest absolute Gasteiger partial charge is 0.0622 e. The van der Waals surface area contributed by atoms with Crippen LogP contribution in [-0.4, -0.2) is 12.3 Å². The van der Waals surface area contributed by atoms with E-state index in [-0.39, 0.29) is 35.3 Å². The number of allylic oxidation sites excluding steroid dienone is 4. The molecule has 0 saturated heterocycles. The minimum atomic E-state index is -10.7. The van der Waals surface area contributed by atoms with Crippen LogP contribution in [0.15, 0.2) is 146 Å². The van der Waals surface area contributed by atoms with Crippen LogP contribution < -0.4 is 21.2 Å². The SMILES string of the molecule is C1=CC2C=CC1C2.F[P-](F)(F)(F)(F)F.[Rh].c1ccc(P(CCCCP(c2ccccc2)c2ccccc2)c2ccccc2)cc1. The van der Waals surface area contributed by atoms with Gasteiger partial charge in [-0.1, -0.05) is 146 Å². The summed E-state index contributed by atoms with van der Waals surface area (Å²) in [5.41, 5.74) is 0. The van der Waals surface area contributed by atoms with Crippen LogP contribution in [0.2, 0.25) is 0 Å². The van der Waals surface area contributed by atoms with Gasteiger partial charge in [0.2, 0.25) is 0 Å². The third-order valence-corrected chi connectivity index (χ3v) is 12.3. The summed E-state index contributed by atoms with van der Waals surface area (Å²) < 4.78 is 59.2. The first-order valence-electron chi connectivity index (χ1n) is 14.5. The molecule has 0 N–H and O–H groups in total. The molecule has 0 nitrogen and oxygen atoms in total. The zero-order valence-corrected chi connectivity index (χ0v) is 28.8. The van der Waals surface area contributed by atoms with Crippen molar-refractivity contribution >= 4 is 44.9 Å². The summed E-state index contributed by atoms with van der Waals surface area (Å²) in [6.45, 7) is 0. The predicted octanol–water partition coefficient (Wildman–Crippen LogP) is 11.2. The number of hydrogen-bond donors (Lipinski definition) is 0. The molecule has 0 amide bonds. The Morgan fingerprint density at radius 3 is 0.844 bits per heavy atom. The van der Waals surface area contributed by atoms with Crippen LogP contribution in [-0.2, 0) is 19.5 Å². The molecule has 0 aromatic heterocycles. The maximum absolute atomic E-state index is 10.7. The van der Waals surface area contributed by atoms with Gasteiger partial charge in [0.1, 0.15) is 0 Å². The Morgan fingerprint density at radius 2 is 0.667 bits per heavy atom. The molecular weight excluding hydrogens is 730 g/mol. The van der Waals surface area contributed by atoms with E-state index in [0.29, 0.717) is 0 Å². The van der Waals surface area contributed by atoms with E-state index in [1.165, 1.54) is 52.8 Å². The third-order valence-electron chi connectivity index (χ3n) is 7.04. The van der Waals surface area contributed by atoms with Crippen molar-refractivity contribution in [2.75, 3.05) is 12.3 Å². The van der Waals surface area contributed by atoms with E-state index < -0.39 is 7.81 Å². The van der Waals surface area contributed by atoms with Gasteiger partial charge < -0.3 is 0 Å². The fourth-order valence-electron chi connectivity index (χ4n) is 5.11. The van der Waals surface area contributed by atoms with Crippen LogP contribution in [0.3, 0.4) is 0 Å². The van der Waals surface area contributed by atoms with E-state index in [2.05, 4.69) is 146 Å². The first kappa shape index (κ1) is 37.3. The van der Waals surface area contributed by atoms with E-state index in [0.717, 1.165) is 11.8 Å². The number of benzene rings is 4. The summed E-state index contributed by atoms with van der Waals surface area (Å²) in [5, 5.41) is 5.97. The van der Waals surface area contributed by atoms with Crippen LogP contribution in [0.1, 0.15) is 19.3 Å². The number of fused-ring (bicyclic) bond motifs is 2. The fourth-order valence-corrected chi connectivity index (χ4v) is 9.95. The van der Waals surface area contributed by atoms with Crippen molar-refractivity contribution in [2.24, 2.45) is 11.8 Å². The van der Waals surface area contributed by atoms with E-state index in [9.17, 15) is 25.2 Å². The van der Waals surface area contributed by atoms with Gasteiger partial charge >= 0.3 is 33.0 Å². The molecule has 0 aliphatic heterocycles. The quantitative estimate of drug-likeness (QED) is 0.0523. The second-order valence-corrected chi connectivity index (χ2v) is 17.2. The average Bonchev–Trinajstić information content (AvgIpc) is 3.66. The predicted molar refractivity (Wildman–Crippen MR) is 181 cm³/mol. The molecule has 0 saturated carbocycles. The summed E-state index contributed by atoms with van der Waals surface area (Å²) in [7, 11) is -11.2. The van der Waals surface area contributed by atoms with Gasteiger partial charge in [0.25, 0.3) is 0 Å². The molecule has 243 valence electrons. The van der Waals surface area contributed by atoms with E-state index in [4.69, 9.17) is 0 Å². The smallest absolute Gasteiger partial charge is 0 e. The maximum Gasteiger partial charge on any atom is 0 e. The Bertz CT molecular complexity index is 1280. The molecule has 2 bridgehead atoms. The van der Waals surface area contributed by atoms with Gasteiger partial charge in [-0.3, -0.25) is 0 Å². The number of rotatable bonds is 9. The first-order valence-corrected chi connectivity index (χ1v) is 19.6. The molecule has 4 aromatic rings. The fraction of sp³-hybridized carbons (Fsp3) is 0.200. The van der Waals surface area contributed by atoms with E-state index in [1.54, 1.807) is 0 Å². The Labute approximate surface area is 277 Å². The topological polar surface area (TPSA) is 0 Å². The van der Waals surface area contributed by atoms with E-state index >= 15 is 0 Å². The van der Waals surface area contributed by atoms with Crippen molar-refractivity contribution in [2.45, 2.75) is 19.3 Å². The zero-order chi connectivity index (χ0) is 31.5. The molecule has 0 unspecified atom stereocenters. The maximum atomic E-state index is 9.87. The van der Waals surface area contributed by atoms with Crippen molar-refractivity contribution in [1.82, 2.24) is 0 Å². The van der Waals surface area contributed by atoms with Gasteiger partial charge in [-0.15, -0.1) is 0 Å². The molecule has 0 spiro atoms. The average molecular weight is 766 g/mol. The normalized spacial score (nSPS) is 17.8. The van der Waals surface area contributed by atoms with Crippen LogP contribution in [0.25, 0.3) is 0 Å². The van der Waals surface area contributed by atoms with Crippen LogP contribution >= 0.6 is 23.7 Å². The van der Waals surface area contributed by atoms with Crippen molar-refractivity contribution in [1.29, 1.82) is 0 Å². The van der Waals surface area contributed by atoms with E-state index in [1.807, 2.05) is 0 Å². The Kier molecular flexibility index (Phi) is 13.4. The standard InChI is InChI=1S/C28H28P2.C7H8.F6P.Rh/c1-5-15-25(16-6-1)29(26-17-7-2-8-18-26)23-13-14-24-30(27-19-9-3-10-20-27)28-21-11-4-12-22-28;1-2-7-4-3-6(1)5-7;1-7(2,3,4,5)6;/h1-12,15-22H,13-14,23-24H2;1-4,6-7H,5H2;;/q;;-1;. The molecule has 0 fully saturated rings. The van der Waals surface area contributed by atoms with Crippen LogP contribution in [0, 0.1) is 11.8 Å². The number of hydrogen-bond acceptors (Lipinski definition) is 0. The number of halogens is 6. The summed E-state index contributed by atoms with van der Waals surface area (Å²) in [6, 6.07) is 44.3. The van der Waals surface area contributed by atoms with Crippen molar-refractivity contribution in [3.8, 4) is 0 Å². The molecule has 1 radical (unpaired) electrons. The second-order valence-electron chi connectivity index (χ2n) is 10.6. The Balaban J connectivity index is 0.000000302. The molecule has 0 heterocycles. The van der Waals surface area contributed by atoms with Gasteiger partial charge in [0, 0.05) is 19.5 Å². The Hall–Kier alpha value is -2.15. The first-order chi connectivity index (χ1) is 20.8. The molecule has 0 atom stereocenters. The Morgan fingerprint density at radius 1 is 0.444 bits per heavy atom. The summed E-state index contributed by atoms with van der Waals surface area (Å²) in [5.74, 6) is 1.62. The van der Waals surface area contributed by atoms with Crippen molar-refractivity contribution < 1.29 is 44.7 Å². The third kappa shape index (κ3) is 14.9. The minimum absolute atomic E-state index is 0. The molecule has 4 aromatic carbocycles. The molecular formula is C35H36F6P3Rh-. The molecule has 45 heavy (non-hydrogen) atoms. The zero-order valence-electron chi connectivity index (χ0n) is 24.5. The van der Waals surface area contributed by atoms with Gasteiger partial charge in [-0.2, -0.15) is 0 Å². The molecule has 10 heteroatoms. The minimum Gasteiger partial charge on any atom is -0.0622 e. The van der Waals surface area contributed by atoms with Gasteiger partial charge in [0.05, 0.1) is 0 Å². The molecule has 2 aliphatic rings. The summed E-state index contributed by atoms with van der Waals surface area (Å²) >= 11 is 0. The second kappa shape index (κ2) is 16.1. The van der Waals surface area contributed by atoms with Gasteiger partial charge in [0.15, 0.2) is 0 Å². The van der Waals surface area contributed by atoms with Crippen LogP contribution in [0.4, 0.5) is 25.2 Å². The molecule has 6 rings (SSSR count). The van der Waals surface area contributed by atoms with Crippen LogP contribution in [0.5, 0.6) is 0 Å². The van der Waals surface area contributed by atoms with Gasteiger partial charge in [-0.25, -0.2) is 0 Å². The van der Waals surface area contributed by atoms with Crippen molar-refractivity contribution in [3.05, 3.63) is 146 Å². The van der Waals surface area contributed by atoms with Crippen molar-refractivity contribution in [3.63, 3.8) is 0 Å². The monoisotopic (exact) mass is 766 g/mol. The number of unbranched alkanes of at least 4 members (excludes halogenated alkanes) is 1. The molecule has 2 aliphatic carbocycles. The van der Waals surface area contributed by atoms with Gasteiger partial charge in [-0.05, 0) is 80.5 Å².